The maximum Gasteiger partial charge on any atom is 0.410 e. The molecular formula is C41H40N6O6. The van der Waals surface area contributed by atoms with Crippen LogP contribution in [0.4, 0.5) is 21.0 Å². The van der Waals surface area contributed by atoms with Crippen LogP contribution in [0.3, 0.4) is 0 Å². The number of aromatic amines is 1. The van der Waals surface area contributed by atoms with Gasteiger partial charge in [-0.25, -0.2) is 9.59 Å². The van der Waals surface area contributed by atoms with Crippen LogP contribution in [0.5, 0.6) is 0 Å². The lowest BCUT2D eigenvalue weighted by atomic mass is 10.1. The molecule has 5 aromatic rings. The number of rotatable bonds is 10. The SMILES string of the molecule is O=C(Nc1ccc(-c2cc(-c3ccc(NC(=O)C4CCCN4C(=O)OCc4ccccc4)cc3)[nH]n2)cc1)C1CCCN1C(=O)OCc1ccccc1. The fourth-order valence-electron chi connectivity index (χ4n) is 6.65. The van der Waals surface area contributed by atoms with Crippen LogP contribution in [0.25, 0.3) is 22.5 Å². The molecule has 2 aliphatic heterocycles. The number of H-pyrrole nitrogens is 1. The van der Waals surface area contributed by atoms with E-state index in [0.29, 0.717) is 37.3 Å². The Morgan fingerprint density at radius 1 is 0.623 bits per heavy atom. The fraction of sp³-hybridized carbons (Fsp3) is 0.244. The Bertz CT molecular complexity index is 1890. The van der Waals surface area contributed by atoms with Crippen molar-refractivity contribution in [2.24, 2.45) is 0 Å². The molecule has 270 valence electrons. The van der Waals surface area contributed by atoms with E-state index in [0.717, 1.165) is 46.5 Å². The molecule has 0 radical (unpaired) electrons. The monoisotopic (exact) mass is 712 g/mol. The standard InChI is InChI=1S/C41H40N6O6/c48-38(36-13-7-23-46(36)40(50)52-26-28-9-3-1-4-10-28)42-32-19-15-30(16-20-32)34-25-35(45-44-34)31-17-21-33(22-18-31)43-39(49)37-14-8-24-47(37)41(51)53-27-29-11-5-2-6-12-29/h1-6,9-12,15-22,25,36-37H,7-8,13-14,23-24,26-27H2,(H,42,48)(H,43,49)(H,44,45). The molecule has 2 fully saturated rings. The molecule has 0 bridgehead atoms. The third-order valence-electron chi connectivity index (χ3n) is 9.48. The van der Waals surface area contributed by atoms with Crippen LogP contribution < -0.4 is 10.6 Å². The predicted molar refractivity (Wildman–Crippen MR) is 199 cm³/mol. The zero-order valence-electron chi connectivity index (χ0n) is 29.1. The molecule has 7 rings (SSSR count). The molecule has 2 unspecified atom stereocenters. The second-order valence-electron chi connectivity index (χ2n) is 13.1. The van der Waals surface area contributed by atoms with Crippen LogP contribution >= 0.6 is 0 Å². The van der Waals surface area contributed by atoms with Crippen molar-refractivity contribution in [1.82, 2.24) is 20.0 Å². The highest BCUT2D eigenvalue weighted by Gasteiger charge is 2.36. The van der Waals surface area contributed by atoms with Gasteiger partial charge in [0.05, 0.1) is 11.4 Å². The lowest BCUT2D eigenvalue weighted by molar-refractivity contribution is -0.120. The third kappa shape index (κ3) is 8.55. The van der Waals surface area contributed by atoms with Crippen molar-refractivity contribution in [1.29, 1.82) is 0 Å². The molecule has 3 N–H and O–H groups in total. The van der Waals surface area contributed by atoms with Gasteiger partial charge in [0.25, 0.3) is 0 Å². The van der Waals surface area contributed by atoms with Crippen molar-refractivity contribution in [3.05, 3.63) is 126 Å². The van der Waals surface area contributed by atoms with Crippen LogP contribution in [-0.4, -0.2) is 69.2 Å². The highest BCUT2D eigenvalue weighted by Crippen LogP contribution is 2.28. The molecule has 0 saturated carbocycles. The number of benzene rings is 4. The van der Waals surface area contributed by atoms with E-state index in [1.165, 1.54) is 9.80 Å². The molecule has 12 nitrogen and oxygen atoms in total. The summed E-state index contributed by atoms with van der Waals surface area (Å²) in [5.41, 5.74) is 6.24. The number of likely N-dealkylation sites (tertiary alicyclic amines) is 2. The number of carbonyl (C=O) groups is 4. The first-order valence-electron chi connectivity index (χ1n) is 17.7. The van der Waals surface area contributed by atoms with Crippen LogP contribution in [0.15, 0.2) is 115 Å². The van der Waals surface area contributed by atoms with Gasteiger partial charge in [-0.05, 0) is 72.7 Å². The molecule has 2 atom stereocenters. The van der Waals surface area contributed by atoms with Crippen LogP contribution in [0, 0.1) is 0 Å². The van der Waals surface area contributed by atoms with Gasteiger partial charge in [-0.15, -0.1) is 0 Å². The fourth-order valence-corrected chi connectivity index (χ4v) is 6.65. The molecule has 12 heteroatoms. The first-order valence-corrected chi connectivity index (χ1v) is 17.7. The second kappa shape index (κ2) is 16.3. The quantitative estimate of drug-likeness (QED) is 0.139. The Labute approximate surface area is 307 Å². The average molecular weight is 713 g/mol. The first kappa shape index (κ1) is 35.0. The number of hydrogen-bond acceptors (Lipinski definition) is 7. The summed E-state index contributed by atoms with van der Waals surface area (Å²) in [4.78, 5) is 54.8. The van der Waals surface area contributed by atoms with E-state index in [2.05, 4.69) is 20.8 Å². The van der Waals surface area contributed by atoms with E-state index in [4.69, 9.17) is 9.47 Å². The number of ether oxygens (including phenoxy) is 2. The van der Waals surface area contributed by atoms with Crippen molar-refractivity contribution in [2.75, 3.05) is 23.7 Å². The molecule has 53 heavy (non-hydrogen) atoms. The van der Waals surface area contributed by atoms with E-state index in [1.54, 1.807) is 12.1 Å². The third-order valence-corrected chi connectivity index (χ3v) is 9.48. The number of nitrogens with zero attached hydrogens (tertiary/aromatic N) is 3. The second-order valence-corrected chi connectivity index (χ2v) is 13.1. The number of aromatic nitrogens is 2. The van der Waals surface area contributed by atoms with Crippen molar-refractivity contribution < 1.29 is 28.7 Å². The van der Waals surface area contributed by atoms with Gasteiger partial charge in [0.2, 0.25) is 11.8 Å². The summed E-state index contributed by atoms with van der Waals surface area (Å²) in [5.74, 6) is -0.507. The summed E-state index contributed by atoms with van der Waals surface area (Å²) in [5, 5.41) is 13.4. The van der Waals surface area contributed by atoms with Crippen LogP contribution in [-0.2, 0) is 32.3 Å². The highest BCUT2D eigenvalue weighted by molar-refractivity contribution is 5.98. The number of carbonyl (C=O) groups excluding carboxylic acids is 4. The zero-order valence-corrected chi connectivity index (χ0v) is 29.1. The summed E-state index contributed by atoms with van der Waals surface area (Å²) in [6.45, 7) is 1.25. The van der Waals surface area contributed by atoms with Crippen molar-refractivity contribution in [3.63, 3.8) is 0 Å². The average Bonchev–Trinajstić information content (AvgIpc) is 4.00. The van der Waals surface area contributed by atoms with Gasteiger partial charge < -0.3 is 20.1 Å². The highest BCUT2D eigenvalue weighted by atomic mass is 16.6. The van der Waals surface area contributed by atoms with Crippen molar-refractivity contribution in [3.8, 4) is 22.5 Å². The summed E-state index contributed by atoms with van der Waals surface area (Å²) >= 11 is 0. The first-order chi connectivity index (χ1) is 25.9. The normalized spacial score (nSPS) is 16.6. The minimum Gasteiger partial charge on any atom is -0.445 e. The summed E-state index contributed by atoms with van der Waals surface area (Å²) in [6, 6.07) is 34.4. The molecule has 4 aromatic carbocycles. The minimum absolute atomic E-state index is 0.154. The number of nitrogens with one attached hydrogen (secondary N) is 3. The van der Waals surface area contributed by atoms with Crippen LogP contribution in [0.2, 0.25) is 0 Å². The molecule has 0 spiro atoms. The van der Waals surface area contributed by atoms with Gasteiger partial charge >= 0.3 is 12.2 Å². The summed E-state index contributed by atoms with van der Waals surface area (Å²) < 4.78 is 10.9. The van der Waals surface area contributed by atoms with Crippen LogP contribution in [0.1, 0.15) is 36.8 Å². The molecule has 0 aliphatic carbocycles. The lowest BCUT2D eigenvalue weighted by Gasteiger charge is -2.23. The Morgan fingerprint density at radius 3 is 1.55 bits per heavy atom. The largest absolute Gasteiger partial charge is 0.445 e. The predicted octanol–water partition coefficient (Wildman–Crippen LogP) is 7.22. The number of anilines is 2. The topological polar surface area (TPSA) is 146 Å². The maximum atomic E-state index is 13.2. The molecule has 1 aromatic heterocycles. The Kier molecular flexibility index (Phi) is 10.7. The van der Waals surface area contributed by atoms with Gasteiger partial charge in [0.15, 0.2) is 0 Å². The van der Waals surface area contributed by atoms with Gasteiger partial charge in [0, 0.05) is 30.0 Å². The Hall–Kier alpha value is -6.43. The summed E-state index contributed by atoms with van der Waals surface area (Å²) in [6.07, 6.45) is 1.60. The van der Waals surface area contributed by atoms with Gasteiger partial charge in [0.1, 0.15) is 25.3 Å². The zero-order chi connectivity index (χ0) is 36.6. The molecule has 4 amide bonds. The Morgan fingerprint density at radius 2 is 1.08 bits per heavy atom. The number of amides is 4. The van der Waals surface area contributed by atoms with E-state index < -0.39 is 24.3 Å². The van der Waals surface area contributed by atoms with Crippen molar-refractivity contribution in [2.45, 2.75) is 51.0 Å². The van der Waals surface area contributed by atoms with Crippen molar-refractivity contribution >= 4 is 35.4 Å². The van der Waals surface area contributed by atoms with Gasteiger partial charge in [-0.1, -0.05) is 84.9 Å². The smallest absolute Gasteiger partial charge is 0.410 e. The molecular weight excluding hydrogens is 672 g/mol. The van der Waals surface area contributed by atoms with E-state index in [1.807, 2.05) is 103 Å². The molecule has 3 heterocycles. The van der Waals surface area contributed by atoms with E-state index in [9.17, 15) is 19.2 Å². The maximum absolute atomic E-state index is 13.2. The van der Waals surface area contributed by atoms with Gasteiger partial charge in [-0.2, -0.15) is 5.10 Å². The minimum atomic E-state index is -0.599. The molecule has 2 aliphatic rings. The Balaban J connectivity index is 0.904. The van der Waals surface area contributed by atoms with E-state index >= 15 is 0 Å². The number of hydrogen-bond donors (Lipinski definition) is 3. The van der Waals surface area contributed by atoms with E-state index in [-0.39, 0.29) is 25.0 Å². The lowest BCUT2D eigenvalue weighted by Crippen LogP contribution is -2.43. The van der Waals surface area contributed by atoms with Gasteiger partial charge in [-0.3, -0.25) is 24.5 Å². The molecule has 2 saturated heterocycles. The summed E-state index contributed by atoms with van der Waals surface area (Å²) in [7, 11) is 0.